The zero-order valence-electron chi connectivity index (χ0n) is 11.9. The number of aliphatic carboxylic acids is 1. The number of hydrogen-bond donors (Lipinski definition) is 2. The van der Waals surface area contributed by atoms with Crippen molar-refractivity contribution in [1.29, 1.82) is 0 Å². The van der Waals surface area contributed by atoms with Crippen LogP contribution in [0, 0.1) is 0 Å². The van der Waals surface area contributed by atoms with E-state index in [4.69, 9.17) is 28.3 Å². The van der Waals surface area contributed by atoms with E-state index in [-0.39, 0.29) is 12.5 Å². The highest BCUT2D eigenvalue weighted by Gasteiger charge is 2.35. The average molecular weight is 332 g/mol. The lowest BCUT2D eigenvalue weighted by Gasteiger charge is -2.28. The van der Waals surface area contributed by atoms with E-state index in [9.17, 15) is 9.90 Å². The quantitative estimate of drug-likeness (QED) is 0.786. The Labute approximate surface area is 134 Å². The number of fused-ring (bicyclic) bond motifs is 1. The standard InChI is InChI=1S/C15H19Cl2NO3/c1-18(5-3-2-4-14(20)21)15-11-6-9(16)7-12(17)10(11)8-13(15)19/h6-7,13,15,19H,2-5,8H2,1H3,(H,20,21). The van der Waals surface area contributed by atoms with Crippen molar-refractivity contribution in [2.24, 2.45) is 0 Å². The predicted molar refractivity (Wildman–Crippen MR) is 83.0 cm³/mol. The van der Waals surface area contributed by atoms with E-state index in [1.54, 1.807) is 6.07 Å². The largest absolute Gasteiger partial charge is 0.481 e. The molecule has 6 heteroatoms. The Morgan fingerprint density at radius 3 is 2.76 bits per heavy atom. The van der Waals surface area contributed by atoms with E-state index >= 15 is 0 Å². The van der Waals surface area contributed by atoms with Crippen LogP contribution < -0.4 is 0 Å². The molecule has 0 heterocycles. The highest BCUT2D eigenvalue weighted by Crippen LogP contribution is 2.40. The molecular formula is C15H19Cl2NO3. The summed E-state index contributed by atoms with van der Waals surface area (Å²) in [5.41, 5.74) is 1.93. The molecule has 1 aliphatic rings. The molecule has 1 aromatic rings. The molecule has 0 spiro atoms. The van der Waals surface area contributed by atoms with E-state index in [1.165, 1.54) is 0 Å². The topological polar surface area (TPSA) is 60.8 Å². The number of aliphatic hydroxyl groups is 1. The number of likely N-dealkylation sites (N-methyl/N-ethyl adjacent to an activating group) is 1. The Balaban J connectivity index is 2.05. The summed E-state index contributed by atoms with van der Waals surface area (Å²) in [6.07, 6.45) is 1.59. The van der Waals surface area contributed by atoms with Gasteiger partial charge in [0.2, 0.25) is 0 Å². The summed E-state index contributed by atoms with van der Waals surface area (Å²) >= 11 is 12.3. The minimum absolute atomic E-state index is 0.138. The van der Waals surface area contributed by atoms with Gasteiger partial charge in [-0.15, -0.1) is 0 Å². The number of carbonyl (C=O) groups is 1. The third-order valence-corrected chi connectivity index (χ3v) is 4.47. The van der Waals surface area contributed by atoms with Gasteiger partial charge in [0, 0.05) is 22.9 Å². The fourth-order valence-electron chi connectivity index (χ4n) is 2.94. The summed E-state index contributed by atoms with van der Waals surface area (Å²) in [4.78, 5) is 12.6. The van der Waals surface area contributed by atoms with Crippen molar-refractivity contribution in [3.8, 4) is 0 Å². The number of hydrogen-bond acceptors (Lipinski definition) is 3. The summed E-state index contributed by atoms with van der Waals surface area (Å²) in [5.74, 6) is -0.775. The second kappa shape index (κ2) is 6.97. The molecule has 0 fully saturated rings. The predicted octanol–water partition coefficient (Wildman–Crippen LogP) is 3.14. The van der Waals surface area contributed by atoms with Crippen LogP contribution in [-0.2, 0) is 11.2 Å². The first kappa shape index (κ1) is 16.6. The van der Waals surface area contributed by atoms with Gasteiger partial charge < -0.3 is 10.2 Å². The molecule has 0 aromatic heterocycles. The normalized spacial score (nSPS) is 20.8. The third-order valence-electron chi connectivity index (χ3n) is 3.92. The Bertz CT molecular complexity index is 536. The zero-order chi connectivity index (χ0) is 15.6. The molecule has 0 radical (unpaired) electrons. The van der Waals surface area contributed by atoms with Crippen molar-refractivity contribution in [1.82, 2.24) is 4.90 Å². The molecule has 0 saturated carbocycles. The maximum absolute atomic E-state index is 10.5. The molecule has 0 amide bonds. The van der Waals surface area contributed by atoms with E-state index in [2.05, 4.69) is 0 Å². The second-order valence-corrected chi connectivity index (χ2v) is 6.35. The SMILES string of the molecule is CN(CCCCC(=O)O)C1c2cc(Cl)cc(Cl)c2CC1O. The van der Waals surface area contributed by atoms with Crippen LogP contribution in [0.3, 0.4) is 0 Å². The van der Waals surface area contributed by atoms with Crippen LogP contribution in [0.4, 0.5) is 0 Å². The third kappa shape index (κ3) is 3.89. The van der Waals surface area contributed by atoms with Crippen LogP contribution in [-0.4, -0.2) is 40.8 Å². The fourth-order valence-corrected chi connectivity index (χ4v) is 3.52. The van der Waals surface area contributed by atoms with E-state index in [1.807, 2.05) is 18.0 Å². The Hall–Kier alpha value is -0.810. The number of aliphatic hydroxyl groups excluding tert-OH is 1. The van der Waals surface area contributed by atoms with Crippen LogP contribution in [0.15, 0.2) is 12.1 Å². The molecule has 21 heavy (non-hydrogen) atoms. The minimum Gasteiger partial charge on any atom is -0.481 e. The monoisotopic (exact) mass is 331 g/mol. The van der Waals surface area contributed by atoms with Gasteiger partial charge in [-0.2, -0.15) is 0 Å². The minimum atomic E-state index is -0.775. The molecule has 0 aliphatic heterocycles. The Morgan fingerprint density at radius 1 is 1.38 bits per heavy atom. The first-order valence-corrected chi connectivity index (χ1v) is 7.73. The van der Waals surface area contributed by atoms with Gasteiger partial charge >= 0.3 is 5.97 Å². The second-order valence-electron chi connectivity index (χ2n) is 5.50. The molecular weight excluding hydrogens is 313 g/mol. The number of benzene rings is 1. The van der Waals surface area contributed by atoms with E-state index in [0.717, 1.165) is 24.1 Å². The van der Waals surface area contributed by atoms with Crippen LogP contribution >= 0.6 is 23.2 Å². The van der Waals surface area contributed by atoms with Crippen LogP contribution in [0.2, 0.25) is 10.0 Å². The molecule has 1 aliphatic carbocycles. The summed E-state index contributed by atoms with van der Waals surface area (Å²) < 4.78 is 0. The van der Waals surface area contributed by atoms with Crippen LogP contribution in [0.5, 0.6) is 0 Å². The first-order valence-electron chi connectivity index (χ1n) is 6.98. The van der Waals surface area contributed by atoms with Gasteiger partial charge in [0.1, 0.15) is 0 Å². The van der Waals surface area contributed by atoms with Crippen LogP contribution in [0.25, 0.3) is 0 Å². The van der Waals surface area contributed by atoms with Crippen molar-refractivity contribution in [3.63, 3.8) is 0 Å². The van der Waals surface area contributed by atoms with E-state index in [0.29, 0.717) is 22.9 Å². The fraction of sp³-hybridized carbons (Fsp3) is 0.533. The van der Waals surface area contributed by atoms with E-state index < -0.39 is 12.1 Å². The molecule has 1 aromatic carbocycles. The molecule has 2 rings (SSSR count). The summed E-state index contributed by atoms with van der Waals surface area (Å²) in [5, 5.41) is 20.1. The number of nitrogens with zero attached hydrogens (tertiary/aromatic N) is 1. The van der Waals surface area contributed by atoms with Crippen molar-refractivity contribution < 1.29 is 15.0 Å². The zero-order valence-corrected chi connectivity index (χ0v) is 13.4. The Morgan fingerprint density at radius 2 is 2.10 bits per heavy atom. The van der Waals surface area contributed by atoms with Gasteiger partial charge in [-0.25, -0.2) is 0 Å². The van der Waals surface area contributed by atoms with Gasteiger partial charge in [0.05, 0.1) is 12.1 Å². The molecule has 0 saturated heterocycles. The smallest absolute Gasteiger partial charge is 0.303 e. The number of unbranched alkanes of at least 4 members (excludes halogenated alkanes) is 1. The highest BCUT2D eigenvalue weighted by atomic mass is 35.5. The lowest BCUT2D eigenvalue weighted by atomic mass is 10.1. The van der Waals surface area contributed by atoms with Crippen molar-refractivity contribution in [2.75, 3.05) is 13.6 Å². The maximum atomic E-state index is 10.5. The molecule has 116 valence electrons. The summed E-state index contributed by atoms with van der Waals surface area (Å²) in [7, 11) is 1.93. The lowest BCUT2D eigenvalue weighted by Crippen LogP contribution is -2.31. The molecule has 2 N–H and O–H groups in total. The summed E-state index contributed by atoms with van der Waals surface area (Å²) in [6.45, 7) is 0.721. The van der Waals surface area contributed by atoms with Crippen LogP contribution in [0.1, 0.15) is 36.4 Å². The molecule has 4 nitrogen and oxygen atoms in total. The highest BCUT2D eigenvalue weighted by molar-refractivity contribution is 6.35. The Kier molecular flexibility index (Phi) is 5.49. The number of carboxylic acids is 1. The molecule has 2 atom stereocenters. The van der Waals surface area contributed by atoms with Crippen molar-refractivity contribution in [3.05, 3.63) is 33.3 Å². The number of halogens is 2. The average Bonchev–Trinajstić information content (AvgIpc) is 2.71. The maximum Gasteiger partial charge on any atom is 0.303 e. The molecule has 2 unspecified atom stereocenters. The van der Waals surface area contributed by atoms with Gasteiger partial charge in [-0.3, -0.25) is 9.69 Å². The van der Waals surface area contributed by atoms with Gasteiger partial charge in [0.15, 0.2) is 0 Å². The van der Waals surface area contributed by atoms with Gasteiger partial charge in [0.25, 0.3) is 0 Å². The van der Waals surface area contributed by atoms with Gasteiger partial charge in [-0.05, 0) is 49.7 Å². The molecule has 0 bridgehead atoms. The van der Waals surface area contributed by atoms with Crippen molar-refractivity contribution in [2.45, 2.75) is 37.8 Å². The lowest BCUT2D eigenvalue weighted by molar-refractivity contribution is -0.137. The first-order chi connectivity index (χ1) is 9.90. The number of carboxylic acid groups (broad SMARTS) is 1. The summed E-state index contributed by atoms with van der Waals surface area (Å²) in [6, 6.07) is 3.42. The van der Waals surface area contributed by atoms with Gasteiger partial charge in [-0.1, -0.05) is 23.2 Å². The number of rotatable bonds is 6. The van der Waals surface area contributed by atoms with Crippen molar-refractivity contribution >= 4 is 29.2 Å².